The summed E-state index contributed by atoms with van der Waals surface area (Å²) in [7, 11) is 0. The third-order valence-corrected chi connectivity index (χ3v) is 3.85. The molecule has 0 heterocycles. The maximum atomic E-state index is 6.08. The van der Waals surface area contributed by atoms with Gasteiger partial charge in [0.05, 0.1) is 6.61 Å². The molecule has 1 fully saturated rings. The summed E-state index contributed by atoms with van der Waals surface area (Å²) in [5.41, 5.74) is 15.3. The summed E-state index contributed by atoms with van der Waals surface area (Å²) in [5.74, 6) is 2.22. The molecule has 19 heavy (non-hydrogen) atoms. The van der Waals surface area contributed by atoms with Gasteiger partial charge in [0.2, 0.25) is 0 Å². The fourth-order valence-electron chi connectivity index (χ4n) is 2.31. The van der Waals surface area contributed by atoms with Gasteiger partial charge in [0.25, 0.3) is 0 Å². The second kappa shape index (κ2) is 5.93. The van der Waals surface area contributed by atoms with Crippen LogP contribution in [-0.2, 0) is 0 Å². The van der Waals surface area contributed by atoms with Gasteiger partial charge in [-0.15, -0.1) is 0 Å². The number of rotatable bonds is 6. The van der Waals surface area contributed by atoms with E-state index in [2.05, 4.69) is 32.9 Å². The van der Waals surface area contributed by atoms with Gasteiger partial charge in [0.1, 0.15) is 5.75 Å². The fraction of sp³-hybridized carbons (Fsp3) is 0.625. The predicted octanol–water partition coefficient (Wildman–Crippen LogP) is 2.87. The first-order valence-electron chi connectivity index (χ1n) is 7.25. The van der Waals surface area contributed by atoms with Crippen molar-refractivity contribution in [1.29, 1.82) is 0 Å². The molecule has 1 atom stereocenters. The number of ether oxygens (including phenoxy) is 1. The summed E-state index contributed by atoms with van der Waals surface area (Å²) < 4.78 is 6.00. The van der Waals surface area contributed by atoms with Crippen LogP contribution in [0.5, 0.6) is 5.75 Å². The van der Waals surface area contributed by atoms with Crippen LogP contribution in [0.2, 0.25) is 0 Å². The molecular formula is C16H26N2O. The summed E-state index contributed by atoms with van der Waals surface area (Å²) in [6, 6.07) is 4.22. The van der Waals surface area contributed by atoms with E-state index in [4.69, 9.17) is 16.2 Å². The van der Waals surface area contributed by atoms with Gasteiger partial charge in [-0.25, -0.2) is 0 Å². The zero-order valence-electron chi connectivity index (χ0n) is 12.3. The Morgan fingerprint density at radius 3 is 2.47 bits per heavy atom. The molecule has 1 aromatic carbocycles. The highest BCUT2D eigenvalue weighted by Gasteiger charge is 2.23. The van der Waals surface area contributed by atoms with Crippen LogP contribution >= 0.6 is 0 Å². The highest BCUT2D eigenvalue weighted by Crippen LogP contribution is 2.34. The molecule has 0 amide bonds. The SMILES string of the molecule is Cc1cc(OCC2CC2)c(C(C)C)cc1C(N)CN. The first-order valence-corrected chi connectivity index (χ1v) is 7.25. The van der Waals surface area contributed by atoms with Crippen LogP contribution in [0.3, 0.4) is 0 Å². The molecule has 1 unspecified atom stereocenters. The minimum atomic E-state index is -0.0880. The lowest BCUT2D eigenvalue weighted by Crippen LogP contribution is -2.22. The van der Waals surface area contributed by atoms with Crippen LogP contribution in [0, 0.1) is 12.8 Å². The molecule has 0 radical (unpaired) electrons. The van der Waals surface area contributed by atoms with Gasteiger partial charge in [0, 0.05) is 12.6 Å². The normalized spacial score (nSPS) is 16.7. The van der Waals surface area contributed by atoms with E-state index in [-0.39, 0.29) is 6.04 Å². The van der Waals surface area contributed by atoms with Crippen molar-refractivity contribution in [3.05, 3.63) is 28.8 Å². The molecule has 0 aromatic heterocycles. The summed E-state index contributed by atoms with van der Waals surface area (Å²) in [4.78, 5) is 0. The van der Waals surface area contributed by atoms with E-state index in [0.717, 1.165) is 23.8 Å². The van der Waals surface area contributed by atoms with E-state index < -0.39 is 0 Å². The number of hydrogen-bond acceptors (Lipinski definition) is 3. The summed E-state index contributed by atoms with van der Waals surface area (Å²) >= 11 is 0. The number of aryl methyl sites for hydroxylation is 1. The van der Waals surface area contributed by atoms with Crippen LogP contribution < -0.4 is 16.2 Å². The number of hydrogen-bond donors (Lipinski definition) is 2. The van der Waals surface area contributed by atoms with E-state index in [1.807, 2.05) is 0 Å². The largest absolute Gasteiger partial charge is 0.493 e. The summed E-state index contributed by atoms with van der Waals surface area (Å²) in [5, 5.41) is 0. The zero-order chi connectivity index (χ0) is 14.0. The van der Waals surface area contributed by atoms with Crippen molar-refractivity contribution in [2.75, 3.05) is 13.2 Å². The van der Waals surface area contributed by atoms with Gasteiger partial charge < -0.3 is 16.2 Å². The minimum Gasteiger partial charge on any atom is -0.493 e. The Hall–Kier alpha value is -1.06. The van der Waals surface area contributed by atoms with Crippen LogP contribution in [0.4, 0.5) is 0 Å². The van der Waals surface area contributed by atoms with Crippen molar-refractivity contribution in [3.8, 4) is 5.75 Å². The second-order valence-corrected chi connectivity index (χ2v) is 6.00. The van der Waals surface area contributed by atoms with Gasteiger partial charge in [0.15, 0.2) is 0 Å². The van der Waals surface area contributed by atoms with Crippen molar-refractivity contribution in [1.82, 2.24) is 0 Å². The first-order chi connectivity index (χ1) is 9.02. The van der Waals surface area contributed by atoms with Crippen molar-refractivity contribution in [2.24, 2.45) is 17.4 Å². The molecule has 4 N–H and O–H groups in total. The standard InChI is InChI=1S/C16H26N2O/c1-10(2)13-7-14(15(18)8-17)11(3)6-16(13)19-9-12-4-5-12/h6-7,10,12,15H,4-5,8-9,17-18H2,1-3H3. The van der Waals surface area contributed by atoms with Gasteiger partial charge >= 0.3 is 0 Å². The second-order valence-electron chi connectivity index (χ2n) is 6.00. The average molecular weight is 262 g/mol. The smallest absolute Gasteiger partial charge is 0.123 e. The molecule has 1 aromatic rings. The summed E-state index contributed by atoms with van der Waals surface area (Å²) in [6.45, 7) is 7.78. The van der Waals surface area contributed by atoms with Gasteiger partial charge in [-0.3, -0.25) is 0 Å². The third kappa shape index (κ3) is 3.48. The molecule has 1 aliphatic carbocycles. The van der Waals surface area contributed by atoms with Crippen LogP contribution in [0.15, 0.2) is 12.1 Å². The number of nitrogens with two attached hydrogens (primary N) is 2. The van der Waals surface area contributed by atoms with E-state index in [9.17, 15) is 0 Å². The lowest BCUT2D eigenvalue weighted by atomic mass is 9.93. The van der Waals surface area contributed by atoms with Crippen molar-refractivity contribution in [3.63, 3.8) is 0 Å². The van der Waals surface area contributed by atoms with Crippen molar-refractivity contribution < 1.29 is 4.74 Å². The molecule has 3 nitrogen and oxygen atoms in total. The van der Waals surface area contributed by atoms with E-state index in [0.29, 0.717) is 12.5 Å². The Labute approximate surface area is 116 Å². The molecule has 0 saturated heterocycles. The summed E-state index contributed by atoms with van der Waals surface area (Å²) in [6.07, 6.45) is 2.62. The topological polar surface area (TPSA) is 61.3 Å². The molecule has 0 aliphatic heterocycles. The highest BCUT2D eigenvalue weighted by molar-refractivity contribution is 5.45. The quantitative estimate of drug-likeness (QED) is 0.828. The van der Waals surface area contributed by atoms with E-state index in [1.54, 1.807) is 0 Å². The minimum absolute atomic E-state index is 0.0880. The maximum absolute atomic E-state index is 6.08. The van der Waals surface area contributed by atoms with Gasteiger partial charge in [-0.1, -0.05) is 13.8 Å². The Morgan fingerprint density at radius 2 is 1.95 bits per heavy atom. The molecule has 0 bridgehead atoms. The molecule has 0 spiro atoms. The molecule has 3 heteroatoms. The Balaban J connectivity index is 2.27. The molecule has 106 valence electrons. The molecular weight excluding hydrogens is 236 g/mol. The zero-order valence-corrected chi connectivity index (χ0v) is 12.3. The third-order valence-electron chi connectivity index (χ3n) is 3.85. The van der Waals surface area contributed by atoms with E-state index >= 15 is 0 Å². The average Bonchev–Trinajstić information content (AvgIpc) is 3.19. The Morgan fingerprint density at radius 1 is 1.26 bits per heavy atom. The maximum Gasteiger partial charge on any atom is 0.123 e. The van der Waals surface area contributed by atoms with Crippen LogP contribution in [-0.4, -0.2) is 13.2 Å². The monoisotopic (exact) mass is 262 g/mol. The fourth-order valence-corrected chi connectivity index (χ4v) is 2.31. The number of benzene rings is 1. The van der Waals surface area contributed by atoms with Crippen LogP contribution in [0.1, 0.15) is 55.3 Å². The van der Waals surface area contributed by atoms with Gasteiger partial charge in [-0.05, 0) is 60.4 Å². The predicted molar refractivity (Wildman–Crippen MR) is 79.5 cm³/mol. The molecule has 1 aliphatic rings. The van der Waals surface area contributed by atoms with E-state index in [1.165, 1.54) is 24.0 Å². The van der Waals surface area contributed by atoms with Gasteiger partial charge in [-0.2, -0.15) is 0 Å². The lowest BCUT2D eigenvalue weighted by Gasteiger charge is -2.20. The molecule has 2 rings (SSSR count). The van der Waals surface area contributed by atoms with Crippen LogP contribution in [0.25, 0.3) is 0 Å². The van der Waals surface area contributed by atoms with Crippen molar-refractivity contribution >= 4 is 0 Å². The Bertz CT molecular complexity index is 439. The first kappa shape index (κ1) is 14.4. The lowest BCUT2D eigenvalue weighted by molar-refractivity contribution is 0.295. The molecule has 1 saturated carbocycles. The van der Waals surface area contributed by atoms with Crippen molar-refractivity contribution in [2.45, 2.75) is 45.6 Å². The Kier molecular flexibility index (Phi) is 4.48. The highest BCUT2D eigenvalue weighted by atomic mass is 16.5.